The fraction of sp³-hybridized carbons (Fsp3) is 1.00. The molecule has 1 saturated heterocycles. The Balaban J connectivity index is 2.11. The molecule has 1 aliphatic carbocycles. The van der Waals surface area contributed by atoms with Crippen molar-refractivity contribution >= 4 is 0 Å². The van der Waals surface area contributed by atoms with Gasteiger partial charge in [0.15, 0.2) is 0 Å². The quantitative estimate of drug-likeness (QED) is 0.820. The maximum atomic E-state index is 6.14. The molecule has 0 aromatic heterocycles. The Morgan fingerprint density at radius 1 is 1.16 bits per heavy atom. The highest BCUT2D eigenvalue weighted by atomic mass is 16.5. The van der Waals surface area contributed by atoms with Gasteiger partial charge in [0, 0.05) is 25.7 Å². The van der Waals surface area contributed by atoms with Crippen molar-refractivity contribution in [3.05, 3.63) is 0 Å². The molecule has 0 bridgehead atoms. The summed E-state index contributed by atoms with van der Waals surface area (Å²) in [5.74, 6) is 0. The van der Waals surface area contributed by atoms with Gasteiger partial charge in [0.25, 0.3) is 0 Å². The summed E-state index contributed by atoms with van der Waals surface area (Å²) in [6.45, 7) is 5.29. The lowest BCUT2D eigenvalue weighted by Gasteiger charge is -2.50. The number of hydrazine groups is 1. The molecule has 1 saturated carbocycles. The lowest BCUT2D eigenvalue weighted by atomic mass is 9.79. The van der Waals surface area contributed by atoms with Crippen LogP contribution in [0.2, 0.25) is 0 Å². The third kappa shape index (κ3) is 3.13. The van der Waals surface area contributed by atoms with Crippen LogP contribution in [0.1, 0.15) is 58.8 Å². The predicted octanol–water partition coefficient (Wildman–Crippen LogP) is 2.04. The van der Waals surface area contributed by atoms with Crippen molar-refractivity contribution < 1.29 is 4.74 Å². The van der Waals surface area contributed by atoms with Crippen LogP contribution in [0.15, 0.2) is 0 Å². The summed E-state index contributed by atoms with van der Waals surface area (Å²) in [6, 6.07) is 1.18. The molecule has 2 fully saturated rings. The fourth-order valence-electron chi connectivity index (χ4n) is 3.86. The molecule has 4 unspecified atom stereocenters. The Morgan fingerprint density at radius 2 is 1.84 bits per heavy atom. The van der Waals surface area contributed by atoms with Crippen molar-refractivity contribution in [2.45, 2.75) is 82.5 Å². The normalized spacial score (nSPS) is 41.4. The molecule has 112 valence electrons. The molecule has 0 amide bonds. The van der Waals surface area contributed by atoms with Crippen LogP contribution in [0.3, 0.4) is 0 Å². The van der Waals surface area contributed by atoms with Gasteiger partial charge in [-0.05, 0) is 39.5 Å². The fourth-order valence-corrected chi connectivity index (χ4v) is 3.86. The molecule has 0 radical (unpaired) electrons. The van der Waals surface area contributed by atoms with Crippen LogP contribution >= 0.6 is 0 Å². The molecule has 0 aromatic rings. The Labute approximate surface area is 118 Å². The lowest BCUT2D eigenvalue weighted by molar-refractivity contribution is -0.0764. The van der Waals surface area contributed by atoms with Gasteiger partial charge in [-0.25, -0.2) is 10.4 Å². The van der Waals surface area contributed by atoms with Gasteiger partial charge in [-0.3, -0.25) is 0 Å². The van der Waals surface area contributed by atoms with Gasteiger partial charge in [0.05, 0.1) is 11.6 Å². The van der Waals surface area contributed by atoms with Crippen LogP contribution in [-0.4, -0.2) is 42.4 Å². The lowest BCUT2D eigenvalue weighted by Crippen LogP contribution is -2.69. The maximum absolute atomic E-state index is 6.14. The number of rotatable bonds is 4. The van der Waals surface area contributed by atoms with E-state index in [1.807, 2.05) is 7.11 Å². The molecule has 3 N–H and O–H groups in total. The molecule has 2 aliphatic rings. The van der Waals surface area contributed by atoms with E-state index in [1.165, 1.54) is 32.1 Å². The summed E-state index contributed by atoms with van der Waals surface area (Å²) < 4.78 is 5.74. The van der Waals surface area contributed by atoms with Gasteiger partial charge >= 0.3 is 0 Å². The highest BCUT2D eigenvalue weighted by molar-refractivity contribution is 4.99. The van der Waals surface area contributed by atoms with Crippen LogP contribution in [0, 0.1) is 0 Å². The molecule has 1 heterocycles. The Morgan fingerprint density at radius 3 is 2.42 bits per heavy atom. The van der Waals surface area contributed by atoms with Gasteiger partial charge in [0.2, 0.25) is 0 Å². The van der Waals surface area contributed by atoms with Crippen LogP contribution in [-0.2, 0) is 4.74 Å². The van der Waals surface area contributed by atoms with E-state index in [1.54, 1.807) is 0 Å². The minimum absolute atomic E-state index is 0.0626. The number of methoxy groups -OCH3 is 1. The molecule has 4 nitrogen and oxygen atoms in total. The van der Waals surface area contributed by atoms with E-state index in [0.717, 1.165) is 12.8 Å². The highest BCUT2D eigenvalue weighted by Gasteiger charge is 2.43. The molecular weight excluding hydrogens is 238 g/mol. The van der Waals surface area contributed by atoms with Gasteiger partial charge in [-0.15, -0.1) is 0 Å². The minimum atomic E-state index is -0.0626. The zero-order chi connectivity index (χ0) is 13.9. The van der Waals surface area contributed by atoms with Gasteiger partial charge in [-0.2, -0.15) is 0 Å². The summed E-state index contributed by atoms with van der Waals surface area (Å²) in [4.78, 5) is 0. The topological polar surface area (TPSA) is 50.5 Å². The van der Waals surface area contributed by atoms with Crippen LogP contribution in [0.5, 0.6) is 0 Å². The summed E-state index contributed by atoms with van der Waals surface area (Å²) in [6.07, 6.45) is 8.88. The van der Waals surface area contributed by atoms with Gasteiger partial charge in [0.1, 0.15) is 0 Å². The smallest absolute Gasteiger partial charge is 0.0778 e. The average molecular weight is 269 g/mol. The van der Waals surface area contributed by atoms with E-state index in [4.69, 9.17) is 10.5 Å². The van der Waals surface area contributed by atoms with E-state index in [9.17, 15) is 0 Å². The number of hydrogen-bond acceptors (Lipinski definition) is 4. The van der Waals surface area contributed by atoms with Crippen molar-refractivity contribution in [1.29, 1.82) is 0 Å². The molecule has 4 atom stereocenters. The molecule has 19 heavy (non-hydrogen) atoms. The second-order valence-corrected chi connectivity index (χ2v) is 6.48. The zero-order valence-electron chi connectivity index (χ0n) is 12.8. The third-order valence-corrected chi connectivity index (χ3v) is 5.15. The highest BCUT2D eigenvalue weighted by Crippen LogP contribution is 2.32. The van der Waals surface area contributed by atoms with Crippen LogP contribution in [0.25, 0.3) is 0 Å². The molecule has 4 heteroatoms. The number of piperidine rings is 1. The van der Waals surface area contributed by atoms with Crippen molar-refractivity contribution in [3.8, 4) is 0 Å². The number of nitrogens with two attached hydrogens (primary N) is 1. The number of ether oxygens (including phenoxy) is 1. The first-order valence-electron chi connectivity index (χ1n) is 7.92. The number of nitrogens with zero attached hydrogens (tertiary/aromatic N) is 1. The van der Waals surface area contributed by atoms with E-state index in [-0.39, 0.29) is 11.6 Å². The molecular formula is C15H31N3O. The zero-order valence-corrected chi connectivity index (χ0v) is 12.8. The number of nitrogens with one attached hydrogen (secondary N) is 1. The van der Waals surface area contributed by atoms with E-state index >= 15 is 0 Å². The summed E-state index contributed by atoms with van der Waals surface area (Å²) in [5, 5.41) is 2.45. The molecule has 1 aliphatic heterocycles. The largest absolute Gasteiger partial charge is 0.379 e. The number of hydrogen-bond donors (Lipinski definition) is 2. The minimum Gasteiger partial charge on any atom is -0.379 e. The van der Waals surface area contributed by atoms with E-state index < -0.39 is 0 Å². The van der Waals surface area contributed by atoms with Crippen LogP contribution < -0.4 is 11.2 Å². The summed E-state index contributed by atoms with van der Waals surface area (Å²) in [5.41, 5.74) is 9.89. The standard InChI is InChI=1S/C15H31N3O/c1-12-7-6-8-13(2)18(12)17-15(11-16)10-5-4-9-14(15)19-3/h12-14,17H,4-11,16H2,1-3H3. The van der Waals surface area contributed by atoms with Crippen molar-refractivity contribution in [3.63, 3.8) is 0 Å². The molecule has 2 rings (SSSR count). The first-order chi connectivity index (χ1) is 9.13. The monoisotopic (exact) mass is 269 g/mol. The average Bonchev–Trinajstić information content (AvgIpc) is 2.43. The van der Waals surface area contributed by atoms with Crippen molar-refractivity contribution in [2.75, 3.05) is 13.7 Å². The van der Waals surface area contributed by atoms with Crippen LogP contribution in [0.4, 0.5) is 0 Å². The SMILES string of the molecule is COC1CCCCC1(CN)NN1C(C)CCCC1C. The first kappa shape index (κ1) is 15.2. The maximum Gasteiger partial charge on any atom is 0.0778 e. The molecule has 0 aromatic carbocycles. The summed E-state index contributed by atoms with van der Waals surface area (Å²) in [7, 11) is 1.82. The Hall–Kier alpha value is -0.160. The second kappa shape index (κ2) is 6.53. The van der Waals surface area contributed by atoms with Crippen molar-refractivity contribution in [1.82, 2.24) is 10.4 Å². The third-order valence-electron chi connectivity index (χ3n) is 5.15. The Kier molecular flexibility index (Phi) is 5.23. The second-order valence-electron chi connectivity index (χ2n) is 6.48. The summed E-state index contributed by atoms with van der Waals surface area (Å²) >= 11 is 0. The van der Waals surface area contributed by atoms with Gasteiger partial charge in [-0.1, -0.05) is 19.3 Å². The van der Waals surface area contributed by atoms with Gasteiger partial charge < -0.3 is 10.5 Å². The van der Waals surface area contributed by atoms with E-state index in [2.05, 4.69) is 24.3 Å². The predicted molar refractivity (Wildman–Crippen MR) is 78.8 cm³/mol. The van der Waals surface area contributed by atoms with E-state index in [0.29, 0.717) is 18.6 Å². The Bertz CT molecular complexity index is 277. The van der Waals surface area contributed by atoms with Crippen molar-refractivity contribution in [2.24, 2.45) is 5.73 Å². The molecule has 0 spiro atoms. The first-order valence-corrected chi connectivity index (χ1v) is 7.92.